The normalized spacial score (nSPS) is 12.0. The van der Waals surface area contributed by atoms with Crippen LogP contribution in [-0.4, -0.2) is 24.4 Å². The van der Waals surface area contributed by atoms with E-state index < -0.39 is 5.60 Å². The Hall–Kier alpha value is -0.120. The van der Waals surface area contributed by atoms with Crippen LogP contribution in [0.4, 0.5) is 0 Å². The van der Waals surface area contributed by atoms with Gasteiger partial charge in [0.2, 0.25) is 0 Å². The molecule has 3 heteroatoms. The monoisotopic (exact) mass is 119 g/mol. The lowest BCUT2D eigenvalue weighted by Crippen LogP contribution is -2.29. The Morgan fingerprint density at radius 1 is 1.62 bits per heavy atom. The van der Waals surface area contributed by atoms with Crippen molar-refractivity contribution in [3.63, 3.8) is 0 Å². The molecule has 50 valence electrons. The van der Waals surface area contributed by atoms with E-state index in [1.165, 1.54) is 0 Å². The fourth-order valence-electron chi connectivity index (χ4n) is 0.249. The summed E-state index contributed by atoms with van der Waals surface area (Å²) in [5.41, 5.74) is 1.73. The third-order valence-electron chi connectivity index (χ3n) is 0.570. The van der Waals surface area contributed by atoms with Crippen molar-refractivity contribution < 1.29 is 9.94 Å². The number of hydrogen-bond acceptors (Lipinski definition) is 3. The van der Waals surface area contributed by atoms with Crippen LogP contribution in [-0.2, 0) is 4.84 Å². The van der Waals surface area contributed by atoms with Crippen LogP contribution >= 0.6 is 0 Å². The van der Waals surface area contributed by atoms with Crippen LogP contribution < -0.4 is 5.48 Å². The largest absolute Gasteiger partial charge is 0.388 e. The average Bonchev–Trinajstić information content (AvgIpc) is 1.59. The molecule has 0 saturated carbocycles. The maximum absolute atomic E-state index is 8.98. The molecule has 2 N–H and O–H groups in total. The van der Waals surface area contributed by atoms with Gasteiger partial charge in [0.25, 0.3) is 0 Å². The predicted molar refractivity (Wildman–Crippen MR) is 31.3 cm³/mol. The van der Waals surface area contributed by atoms with Crippen LogP contribution in [0, 0.1) is 0 Å². The van der Waals surface area contributed by atoms with E-state index in [9.17, 15) is 0 Å². The molecule has 0 fully saturated rings. The van der Waals surface area contributed by atoms with Crippen molar-refractivity contribution in [1.29, 1.82) is 0 Å². The first kappa shape index (κ1) is 7.88. The predicted octanol–water partition coefficient (Wildman–Crippen LogP) is -0.0917. The van der Waals surface area contributed by atoms with Crippen LogP contribution in [0.2, 0.25) is 0 Å². The first-order valence-corrected chi connectivity index (χ1v) is 2.57. The van der Waals surface area contributed by atoms with Gasteiger partial charge in [0.15, 0.2) is 0 Å². The van der Waals surface area contributed by atoms with Gasteiger partial charge in [-0.1, -0.05) is 0 Å². The smallest absolute Gasteiger partial charge is 0.0964 e. The van der Waals surface area contributed by atoms with Crippen LogP contribution in [0.3, 0.4) is 0 Å². The maximum Gasteiger partial charge on any atom is 0.0964 e. The molecule has 0 aliphatic carbocycles. The van der Waals surface area contributed by atoms with Crippen LogP contribution in [0.1, 0.15) is 13.8 Å². The van der Waals surface area contributed by atoms with Crippen molar-refractivity contribution in [1.82, 2.24) is 5.48 Å². The summed E-state index contributed by atoms with van der Waals surface area (Å²) in [7, 11) is 1.66. The maximum atomic E-state index is 8.98. The molecule has 0 atom stereocenters. The molecule has 0 aliphatic heterocycles. The van der Waals surface area contributed by atoms with E-state index in [1.54, 1.807) is 20.9 Å². The highest BCUT2D eigenvalue weighted by molar-refractivity contribution is 4.61. The topological polar surface area (TPSA) is 41.5 Å². The average molecular weight is 119 g/mol. The lowest BCUT2D eigenvalue weighted by Gasteiger charge is -2.15. The molecule has 0 unspecified atom stereocenters. The molecule has 0 radical (unpaired) electrons. The van der Waals surface area contributed by atoms with Gasteiger partial charge in [-0.05, 0) is 13.8 Å². The van der Waals surface area contributed by atoms with E-state index in [1.807, 2.05) is 0 Å². The van der Waals surface area contributed by atoms with E-state index in [0.29, 0.717) is 6.61 Å². The van der Waals surface area contributed by atoms with Crippen LogP contribution in [0.25, 0.3) is 0 Å². The molecule has 0 rings (SSSR count). The van der Waals surface area contributed by atoms with Gasteiger partial charge in [-0.2, -0.15) is 0 Å². The van der Waals surface area contributed by atoms with Crippen LogP contribution in [0.15, 0.2) is 0 Å². The molecule has 0 saturated heterocycles. The lowest BCUT2D eigenvalue weighted by atomic mass is 10.2. The highest BCUT2D eigenvalue weighted by Crippen LogP contribution is 1.98. The lowest BCUT2D eigenvalue weighted by molar-refractivity contribution is -0.0538. The van der Waals surface area contributed by atoms with Gasteiger partial charge in [-0.3, -0.25) is 4.84 Å². The first-order chi connectivity index (χ1) is 3.56. The van der Waals surface area contributed by atoms with Gasteiger partial charge in [0, 0.05) is 7.05 Å². The van der Waals surface area contributed by atoms with E-state index >= 15 is 0 Å². The second-order valence-corrected chi connectivity index (χ2v) is 2.31. The molecular formula is C5H13NO2. The summed E-state index contributed by atoms with van der Waals surface area (Å²) in [6.45, 7) is 3.68. The molecule has 0 aromatic rings. The molecule has 0 amide bonds. The van der Waals surface area contributed by atoms with Crippen molar-refractivity contribution in [2.45, 2.75) is 19.4 Å². The van der Waals surface area contributed by atoms with Crippen molar-refractivity contribution in [2.75, 3.05) is 13.7 Å². The number of hydroxylamine groups is 1. The Morgan fingerprint density at radius 2 is 2.12 bits per heavy atom. The zero-order valence-corrected chi connectivity index (χ0v) is 5.56. The Kier molecular flexibility index (Phi) is 2.97. The first-order valence-electron chi connectivity index (χ1n) is 2.57. The molecule has 0 aliphatic rings. The van der Waals surface area contributed by atoms with E-state index in [4.69, 9.17) is 9.94 Å². The summed E-state index contributed by atoms with van der Waals surface area (Å²) in [5, 5.41) is 8.98. The molecular weight excluding hydrogens is 106 g/mol. The summed E-state index contributed by atoms with van der Waals surface area (Å²) < 4.78 is 0. The van der Waals surface area contributed by atoms with Crippen molar-refractivity contribution in [2.24, 2.45) is 0 Å². The highest BCUT2D eigenvalue weighted by Gasteiger charge is 2.11. The third-order valence-corrected chi connectivity index (χ3v) is 0.570. The summed E-state index contributed by atoms with van der Waals surface area (Å²) in [6.07, 6.45) is 0. The summed E-state index contributed by atoms with van der Waals surface area (Å²) >= 11 is 0. The van der Waals surface area contributed by atoms with Crippen molar-refractivity contribution >= 4 is 0 Å². The van der Waals surface area contributed by atoms with Gasteiger partial charge in [0.1, 0.15) is 0 Å². The third kappa shape index (κ3) is 5.88. The van der Waals surface area contributed by atoms with Crippen molar-refractivity contribution in [3.05, 3.63) is 0 Å². The minimum Gasteiger partial charge on any atom is -0.388 e. The number of hydrogen-bond donors (Lipinski definition) is 2. The number of aliphatic hydroxyl groups is 1. The van der Waals surface area contributed by atoms with E-state index in [0.717, 1.165) is 0 Å². The Labute approximate surface area is 49.6 Å². The zero-order valence-electron chi connectivity index (χ0n) is 5.56. The van der Waals surface area contributed by atoms with Crippen LogP contribution in [0.5, 0.6) is 0 Å². The SMILES string of the molecule is CNOCC(C)(C)O. The van der Waals surface area contributed by atoms with Crippen molar-refractivity contribution in [3.8, 4) is 0 Å². The van der Waals surface area contributed by atoms with Gasteiger partial charge in [-0.25, -0.2) is 5.48 Å². The molecule has 0 aromatic carbocycles. The molecule has 3 nitrogen and oxygen atoms in total. The fourth-order valence-corrected chi connectivity index (χ4v) is 0.249. The zero-order chi connectivity index (χ0) is 6.62. The Balaban J connectivity index is 3.11. The Morgan fingerprint density at radius 3 is 2.25 bits per heavy atom. The number of rotatable bonds is 3. The van der Waals surface area contributed by atoms with Gasteiger partial charge in [0.05, 0.1) is 12.2 Å². The van der Waals surface area contributed by atoms with E-state index in [-0.39, 0.29) is 0 Å². The van der Waals surface area contributed by atoms with Gasteiger partial charge >= 0.3 is 0 Å². The summed E-state index contributed by atoms with van der Waals surface area (Å²) in [5.74, 6) is 0. The molecule has 0 spiro atoms. The minimum absolute atomic E-state index is 0.309. The molecule has 8 heavy (non-hydrogen) atoms. The number of nitrogens with one attached hydrogen (secondary N) is 1. The quantitative estimate of drug-likeness (QED) is 0.510. The van der Waals surface area contributed by atoms with Gasteiger partial charge in [-0.15, -0.1) is 0 Å². The Bertz CT molecular complexity index is 57.9. The second kappa shape index (κ2) is 3.02. The highest BCUT2D eigenvalue weighted by atomic mass is 16.6. The fraction of sp³-hybridized carbons (Fsp3) is 1.00. The molecule has 0 bridgehead atoms. The van der Waals surface area contributed by atoms with Gasteiger partial charge < -0.3 is 5.11 Å². The molecule has 0 aromatic heterocycles. The minimum atomic E-state index is -0.733. The standard InChI is InChI=1S/C5H13NO2/c1-5(2,7)4-8-6-3/h6-7H,4H2,1-3H3. The summed E-state index contributed by atoms with van der Waals surface area (Å²) in [6, 6.07) is 0. The second-order valence-electron chi connectivity index (χ2n) is 2.31. The molecule has 0 heterocycles. The van der Waals surface area contributed by atoms with E-state index in [2.05, 4.69) is 5.48 Å². The summed E-state index contributed by atoms with van der Waals surface area (Å²) in [4.78, 5) is 4.70.